The molecule has 2 aromatic heterocycles. The molecule has 0 spiro atoms. The molecule has 0 bridgehead atoms. The molecule has 13 heavy (non-hydrogen) atoms. The van der Waals surface area contributed by atoms with Crippen molar-refractivity contribution < 1.29 is 0 Å². The lowest BCUT2D eigenvalue weighted by molar-refractivity contribution is 1.26. The number of pyridine rings is 2. The van der Waals surface area contributed by atoms with Crippen molar-refractivity contribution in [1.82, 2.24) is 9.97 Å². The molecule has 0 aliphatic heterocycles. The van der Waals surface area contributed by atoms with Crippen LogP contribution < -0.4 is 0 Å². The average molecular weight is 213 g/mol. The molecule has 0 saturated carbocycles. The zero-order chi connectivity index (χ0) is 9.26. The minimum absolute atomic E-state index is 0.379. The minimum atomic E-state index is 0.379. The van der Waals surface area contributed by atoms with Gasteiger partial charge >= 0.3 is 0 Å². The van der Waals surface area contributed by atoms with Crippen molar-refractivity contribution in [3.63, 3.8) is 0 Å². The summed E-state index contributed by atoms with van der Waals surface area (Å²) in [6, 6.07) is 3.76. The van der Waals surface area contributed by atoms with E-state index in [1.165, 1.54) is 0 Å². The van der Waals surface area contributed by atoms with E-state index in [1.54, 1.807) is 12.4 Å². The molecule has 0 amide bonds. The average Bonchev–Trinajstić information content (AvgIpc) is 2.18. The van der Waals surface area contributed by atoms with Crippen LogP contribution in [0, 0.1) is 0 Å². The van der Waals surface area contributed by atoms with Gasteiger partial charge in [-0.3, -0.25) is 0 Å². The van der Waals surface area contributed by atoms with Gasteiger partial charge in [-0.2, -0.15) is 0 Å². The van der Waals surface area contributed by atoms with E-state index in [0.717, 1.165) is 10.9 Å². The first kappa shape index (κ1) is 8.73. The van der Waals surface area contributed by atoms with E-state index in [0.29, 0.717) is 16.5 Å². The molecule has 4 heteroatoms. The Labute approximate surface area is 85.5 Å². The summed E-state index contributed by atoms with van der Waals surface area (Å²) in [5.74, 6) is 0.379. The van der Waals surface area contributed by atoms with Crippen molar-refractivity contribution in [2.75, 3.05) is 0 Å². The molecule has 0 fully saturated rings. The van der Waals surface area contributed by atoms with Crippen LogP contribution in [0.25, 0.3) is 11.0 Å². The zero-order valence-electron chi connectivity index (χ0n) is 6.67. The maximum absolute atomic E-state index is 5.93. The second kappa shape index (κ2) is 3.48. The van der Waals surface area contributed by atoms with Crippen LogP contribution in [-0.4, -0.2) is 9.97 Å². The molecule has 66 valence electrons. The first-order valence-corrected chi connectivity index (χ1v) is 4.68. The molecule has 0 N–H and O–H groups in total. The molecular formula is C9H6Cl2N2. The molecule has 0 aromatic carbocycles. The highest BCUT2D eigenvalue weighted by Gasteiger charge is 2.05. The largest absolute Gasteiger partial charge is 0.237 e. The Balaban J connectivity index is 2.84. The monoisotopic (exact) mass is 212 g/mol. The highest BCUT2D eigenvalue weighted by atomic mass is 35.5. The van der Waals surface area contributed by atoms with Crippen LogP contribution in [0.5, 0.6) is 0 Å². The van der Waals surface area contributed by atoms with Crippen LogP contribution in [0.1, 0.15) is 5.56 Å². The normalized spacial score (nSPS) is 10.6. The Bertz CT molecular complexity index is 443. The molecule has 0 aliphatic carbocycles. The van der Waals surface area contributed by atoms with Crippen LogP contribution in [0.4, 0.5) is 0 Å². The Hall–Kier alpha value is -0.860. The van der Waals surface area contributed by atoms with Gasteiger partial charge in [0.15, 0.2) is 5.65 Å². The van der Waals surface area contributed by atoms with Gasteiger partial charge in [0.05, 0.1) is 5.02 Å². The highest BCUT2D eigenvalue weighted by Crippen LogP contribution is 2.24. The Morgan fingerprint density at radius 1 is 1.31 bits per heavy atom. The summed E-state index contributed by atoms with van der Waals surface area (Å²) in [4.78, 5) is 8.19. The fraction of sp³-hybridized carbons (Fsp3) is 0.111. The summed E-state index contributed by atoms with van der Waals surface area (Å²) in [5.41, 5.74) is 1.57. The van der Waals surface area contributed by atoms with E-state index in [9.17, 15) is 0 Å². The number of rotatable bonds is 1. The number of halogens is 2. The van der Waals surface area contributed by atoms with Gasteiger partial charge in [-0.1, -0.05) is 11.6 Å². The summed E-state index contributed by atoms with van der Waals surface area (Å²) >= 11 is 11.7. The maximum Gasteiger partial charge on any atom is 0.159 e. The van der Waals surface area contributed by atoms with Crippen LogP contribution in [0.15, 0.2) is 24.5 Å². The van der Waals surface area contributed by atoms with Crippen molar-refractivity contribution >= 4 is 34.2 Å². The van der Waals surface area contributed by atoms with Crippen LogP contribution in [0.2, 0.25) is 5.02 Å². The van der Waals surface area contributed by atoms with E-state index >= 15 is 0 Å². The predicted octanol–water partition coefficient (Wildman–Crippen LogP) is 3.02. The fourth-order valence-corrected chi connectivity index (χ4v) is 1.77. The van der Waals surface area contributed by atoms with Gasteiger partial charge in [-0.15, -0.1) is 11.6 Å². The third-order valence-corrected chi connectivity index (χ3v) is 2.43. The molecule has 0 aliphatic rings. The first-order chi connectivity index (χ1) is 6.33. The van der Waals surface area contributed by atoms with Crippen LogP contribution in [-0.2, 0) is 5.88 Å². The lowest BCUT2D eigenvalue weighted by Gasteiger charge is -2.03. The quantitative estimate of drug-likeness (QED) is 0.680. The van der Waals surface area contributed by atoms with E-state index in [4.69, 9.17) is 23.2 Å². The van der Waals surface area contributed by atoms with E-state index in [2.05, 4.69) is 9.97 Å². The van der Waals surface area contributed by atoms with Gasteiger partial charge in [-0.25, -0.2) is 9.97 Å². The Morgan fingerprint density at radius 3 is 2.92 bits per heavy atom. The van der Waals surface area contributed by atoms with Crippen molar-refractivity contribution in [3.8, 4) is 0 Å². The number of aromatic nitrogens is 2. The summed E-state index contributed by atoms with van der Waals surface area (Å²) in [7, 11) is 0. The second-order valence-electron chi connectivity index (χ2n) is 2.59. The van der Waals surface area contributed by atoms with Crippen molar-refractivity contribution in [2.24, 2.45) is 0 Å². The number of alkyl halides is 1. The molecule has 0 atom stereocenters. The van der Waals surface area contributed by atoms with Crippen LogP contribution in [0.3, 0.4) is 0 Å². The molecule has 2 heterocycles. The standard InChI is InChI=1S/C9H6Cl2N2/c10-4-7-6-2-1-3-12-9(6)13-5-8(7)11/h1-3,5H,4H2. The molecule has 0 unspecified atom stereocenters. The summed E-state index contributed by atoms with van der Waals surface area (Å²) in [5, 5.41) is 1.51. The third kappa shape index (κ3) is 1.47. The number of nitrogens with zero attached hydrogens (tertiary/aromatic N) is 2. The van der Waals surface area contributed by atoms with Gasteiger partial charge in [0.25, 0.3) is 0 Å². The molecule has 2 aromatic rings. The van der Waals surface area contributed by atoms with Gasteiger partial charge in [-0.05, 0) is 17.7 Å². The number of hydrogen-bond acceptors (Lipinski definition) is 2. The lowest BCUT2D eigenvalue weighted by Crippen LogP contribution is -1.89. The molecular weight excluding hydrogens is 207 g/mol. The first-order valence-electron chi connectivity index (χ1n) is 3.77. The smallest absolute Gasteiger partial charge is 0.159 e. The maximum atomic E-state index is 5.93. The topological polar surface area (TPSA) is 25.8 Å². The Kier molecular flexibility index (Phi) is 2.34. The Morgan fingerprint density at radius 2 is 2.15 bits per heavy atom. The molecule has 2 rings (SSSR count). The molecule has 0 radical (unpaired) electrons. The SMILES string of the molecule is ClCc1c(Cl)cnc2ncccc12. The second-order valence-corrected chi connectivity index (χ2v) is 3.27. The van der Waals surface area contributed by atoms with E-state index in [-0.39, 0.29) is 0 Å². The van der Waals surface area contributed by atoms with Gasteiger partial charge in [0.2, 0.25) is 0 Å². The minimum Gasteiger partial charge on any atom is -0.237 e. The van der Waals surface area contributed by atoms with Gasteiger partial charge < -0.3 is 0 Å². The summed E-state index contributed by atoms with van der Waals surface area (Å²) in [6.07, 6.45) is 3.27. The zero-order valence-corrected chi connectivity index (χ0v) is 8.18. The van der Waals surface area contributed by atoms with Gasteiger partial charge in [0.1, 0.15) is 0 Å². The predicted molar refractivity (Wildman–Crippen MR) is 54.1 cm³/mol. The third-order valence-electron chi connectivity index (χ3n) is 1.83. The number of hydrogen-bond donors (Lipinski definition) is 0. The van der Waals surface area contributed by atoms with Gasteiger partial charge in [0, 0.05) is 23.7 Å². The van der Waals surface area contributed by atoms with Crippen LogP contribution >= 0.6 is 23.2 Å². The lowest BCUT2D eigenvalue weighted by atomic mass is 10.2. The molecule has 0 saturated heterocycles. The van der Waals surface area contributed by atoms with Crippen molar-refractivity contribution in [2.45, 2.75) is 5.88 Å². The number of fused-ring (bicyclic) bond motifs is 1. The summed E-state index contributed by atoms with van der Waals surface area (Å²) in [6.45, 7) is 0. The summed E-state index contributed by atoms with van der Waals surface area (Å²) < 4.78 is 0. The highest BCUT2D eigenvalue weighted by molar-refractivity contribution is 6.33. The van der Waals surface area contributed by atoms with Crippen molar-refractivity contribution in [1.29, 1.82) is 0 Å². The van der Waals surface area contributed by atoms with E-state index < -0.39 is 0 Å². The fourth-order valence-electron chi connectivity index (χ4n) is 1.20. The van der Waals surface area contributed by atoms with Crippen molar-refractivity contribution in [3.05, 3.63) is 35.1 Å². The van der Waals surface area contributed by atoms with E-state index in [1.807, 2.05) is 12.1 Å². The molecule has 2 nitrogen and oxygen atoms in total.